The second-order valence-corrected chi connectivity index (χ2v) is 6.07. The second kappa shape index (κ2) is 6.15. The molecule has 2 heterocycles. The first-order valence-electron chi connectivity index (χ1n) is 7.09. The summed E-state index contributed by atoms with van der Waals surface area (Å²) in [6.45, 7) is 1.97. The molecule has 0 spiro atoms. The van der Waals surface area contributed by atoms with Gasteiger partial charge in [0.25, 0.3) is 5.91 Å². The quantitative estimate of drug-likeness (QED) is 0.799. The first kappa shape index (κ1) is 14.5. The van der Waals surface area contributed by atoms with Crippen LogP contribution < -0.4 is 5.32 Å². The summed E-state index contributed by atoms with van der Waals surface area (Å²) in [5.41, 5.74) is 2.46. The van der Waals surface area contributed by atoms with Crippen molar-refractivity contribution in [3.8, 4) is 10.6 Å². The van der Waals surface area contributed by atoms with Crippen LogP contribution in [-0.2, 0) is 7.05 Å². The van der Waals surface area contributed by atoms with E-state index in [2.05, 4.69) is 10.4 Å². The lowest BCUT2D eigenvalue weighted by Crippen LogP contribution is -2.27. The van der Waals surface area contributed by atoms with Gasteiger partial charge in [-0.25, -0.2) is 0 Å². The van der Waals surface area contributed by atoms with Crippen molar-refractivity contribution in [3.05, 3.63) is 65.2 Å². The van der Waals surface area contributed by atoms with Gasteiger partial charge in [0.2, 0.25) is 0 Å². The number of carbonyl (C=O) groups excluding carboxylic acids is 1. The molecule has 1 aromatic carbocycles. The fraction of sp³-hybridized carbons (Fsp3) is 0.176. The lowest BCUT2D eigenvalue weighted by atomic mass is 10.1. The smallest absolute Gasteiger partial charge is 0.272 e. The minimum absolute atomic E-state index is 0.0547. The Balaban J connectivity index is 1.77. The molecule has 0 aliphatic carbocycles. The predicted octanol–water partition coefficient (Wildman–Crippen LogP) is 3.64. The van der Waals surface area contributed by atoms with Gasteiger partial charge in [-0.15, -0.1) is 11.3 Å². The number of nitrogens with zero attached hydrogens (tertiary/aromatic N) is 2. The van der Waals surface area contributed by atoms with Crippen LogP contribution in [0.3, 0.4) is 0 Å². The number of aryl methyl sites for hydroxylation is 1. The number of hydrogen-bond acceptors (Lipinski definition) is 3. The Kier molecular flexibility index (Phi) is 4.06. The summed E-state index contributed by atoms with van der Waals surface area (Å²) in [7, 11) is 1.85. The summed E-state index contributed by atoms with van der Waals surface area (Å²) in [5, 5.41) is 9.32. The van der Waals surface area contributed by atoms with Gasteiger partial charge in [0.05, 0.1) is 16.6 Å². The predicted molar refractivity (Wildman–Crippen MR) is 88.8 cm³/mol. The fourth-order valence-corrected chi connectivity index (χ4v) is 3.10. The maximum absolute atomic E-state index is 12.4. The third-order valence-corrected chi connectivity index (χ3v) is 4.43. The van der Waals surface area contributed by atoms with Gasteiger partial charge in [0, 0.05) is 7.05 Å². The number of rotatable bonds is 4. The molecule has 0 bridgehead atoms. The van der Waals surface area contributed by atoms with E-state index in [1.165, 1.54) is 0 Å². The van der Waals surface area contributed by atoms with E-state index in [1.807, 2.05) is 67.9 Å². The van der Waals surface area contributed by atoms with Gasteiger partial charge >= 0.3 is 0 Å². The molecule has 0 fully saturated rings. The minimum Gasteiger partial charge on any atom is -0.344 e. The van der Waals surface area contributed by atoms with E-state index in [1.54, 1.807) is 16.0 Å². The standard InChI is InChI=1S/C17H17N3OS/c1-12(13-7-4-3-5-8-13)18-17(21)14-11-15(20(2)19-14)16-9-6-10-22-16/h3-12H,1-2H3,(H,18,21). The maximum atomic E-state index is 12.4. The van der Waals surface area contributed by atoms with Crippen molar-refractivity contribution in [2.24, 2.45) is 7.05 Å². The molecule has 1 atom stereocenters. The molecule has 0 aliphatic rings. The summed E-state index contributed by atoms with van der Waals surface area (Å²) in [5.74, 6) is -0.158. The molecule has 112 valence electrons. The van der Waals surface area contributed by atoms with E-state index in [0.717, 1.165) is 16.1 Å². The number of amides is 1. The van der Waals surface area contributed by atoms with Crippen LogP contribution in [0.25, 0.3) is 10.6 Å². The Hall–Kier alpha value is -2.40. The molecule has 3 rings (SSSR count). The molecular formula is C17H17N3OS. The van der Waals surface area contributed by atoms with Crippen LogP contribution >= 0.6 is 11.3 Å². The van der Waals surface area contributed by atoms with Crippen molar-refractivity contribution in [1.82, 2.24) is 15.1 Å². The van der Waals surface area contributed by atoms with Crippen LogP contribution in [0.15, 0.2) is 53.9 Å². The van der Waals surface area contributed by atoms with Gasteiger partial charge in [-0.05, 0) is 30.0 Å². The number of hydrogen-bond donors (Lipinski definition) is 1. The first-order chi connectivity index (χ1) is 10.6. The van der Waals surface area contributed by atoms with E-state index < -0.39 is 0 Å². The van der Waals surface area contributed by atoms with Gasteiger partial charge in [-0.2, -0.15) is 5.10 Å². The molecule has 0 saturated carbocycles. The summed E-state index contributed by atoms with van der Waals surface area (Å²) in [4.78, 5) is 13.5. The van der Waals surface area contributed by atoms with Gasteiger partial charge in [0.1, 0.15) is 0 Å². The Bertz CT molecular complexity index is 763. The molecule has 4 nitrogen and oxygen atoms in total. The number of aromatic nitrogens is 2. The topological polar surface area (TPSA) is 46.9 Å². The second-order valence-electron chi connectivity index (χ2n) is 5.12. The van der Waals surface area contributed by atoms with E-state index in [-0.39, 0.29) is 11.9 Å². The van der Waals surface area contributed by atoms with Crippen LogP contribution in [0.5, 0.6) is 0 Å². The summed E-state index contributed by atoms with van der Waals surface area (Å²) in [6, 6.07) is 15.7. The summed E-state index contributed by atoms with van der Waals surface area (Å²) >= 11 is 1.63. The zero-order valence-electron chi connectivity index (χ0n) is 12.5. The van der Waals surface area contributed by atoms with Crippen LogP contribution in [0.1, 0.15) is 29.0 Å². The Morgan fingerprint density at radius 3 is 2.68 bits per heavy atom. The first-order valence-corrected chi connectivity index (χ1v) is 7.97. The maximum Gasteiger partial charge on any atom is 0.272 e. The molecule has 5 heteroatoms. The summed E-state index contributed by atoms with van der Waals surface area (Å²) in [6.07, 6.45) is 0. The molecular weight excluding hydrogens is 294 g/mol. The van der Waals surface area contributed by atoms with E-state index >= 15 is 0 Å². The number of benzene rings is 1. The molecule has 0 saturated heterocycles. The van der Waals surface area contributed by atoms with Crippen molar-refractivity contribution < 1.29 is 4.79 Å². The molecule has 3 aromatic rings. The van der Waals surface area contributed by atoms with E-state index in [9.17, 15) is 4.79 Å². The Morgan fingerprint density at radius 2 is 2.00 bits per heavy atom. The molecule has 1 unspecified atom stereocenters. The third-order valence-electron chi connectivity index (χ3n) is 3.53. The van der Waals surface area contributed by atoms with Crippen LogP contribution in [0, 0.1) is 0 Å². The Labute approximate surface area is 133 Å². The molecule has 0 radical (unpaired) electrons. The molecule has 0 aliphatic heterocycles. The van der Waals surface area contributed by atoms with Crippen LogP contribution in [-0.4, -0.2) is 15.7 Å². The Morgan fingerprint density at radius 1 is 1.23 bits per heavy atom. The van der Waals surface area contributed by atoms with Gasteiger partial charge < -0.3 is 5.32 Å². The highest BCUT2D eigenvalue weighted by atomic mass is 32.1. The van der Waals surface area contributed by atoms with E-state index in [0.29, 0.717) is 5.69 Å². The normalized spacial score (nSPS) is 12.1. The van der Waals surface area contributed by atoms with Gasteiger partial charge in [0.15, 0.2) is 5.69 Å². The van der Waals surface area contributed by atoms with Crippen molar-refractivity contribution in [2.45, 2.75) is 13.0 Å². The SMILES string of the molecule is CC(NC(=O)c1cc(-c2cccs2)n(C)n1)c1ccccc1. The van der Waals surface area contributed by atoms with Crippen molar-refractivity contribution >= 4 is 17.2 Å². The molecule has 1 amide bonds. The van der Waals surface area contributed by atoms with Gasteiger partial charge in [-0.1, -0.05) is 36.4 Å². The minimum atomic E-state index is -0.158. The largest absolute Gasteiger partial charge is 0.344 e. The molecule has 22 heavy (non-hydrogen) atoms. The zero-order valence-corrected chi connectivity index (χ0v) is 13.3. The lowest BCUT2D eigenvalue weighted by Gasteiger charge is -2.13. The lowest BCUT2D eigenvalue weighted by molar-refractivity contribution is 0.0934. The molecule has 2 aromatic heterocycles. The average molecular weight is 311 g/mol. The third kappa shape index (κ3) is 2.94. The average Bonchev–Trinajstić information content (AvgIpc) is 3.17. The zero-order chi connectivity index (χ0) is 15.5. The van der Waals surface area contributed by atoms with Crippen molar-refractivity contribution in [2.75, 3.05) is 0 Å². The van der Waals surface area contributed by atoms with Gasteiger partial charge in [-0.3, -0.25) is 9.48 Å². The number of carbonyl (C=O) groups is 1. The fourth-order valence-electron chi connectivity index (χ4n) is 2.33. The van der Waals surface area contributed by atoms with E-state index in [4.69, 9.17) is 0 Å². The highest BCUT2D eigenvalue weighted by Crippen LogP contribution is 2.25. The summed E-state index contributed by atoms with van der Waals surface area (Å²) < 4.78 is 1.74. The van der Waals surface area contributed by atoms with Crippen molar-refractivity contribution in [1.29, 1.82) is 0 Å². The highest BCUT2D eigenvalue weighted by molar-refractivity contribution is 7.13. The van der Waals surface area contributed by atoms with Crippen LogP contribution in [0.2, 0.25) is 0 Å². The molecule has 1 N–H and O–H groups in total. The monoisotopic (exact) mass is 311 g/mol. The van der Waals surface area contributed by atoms with Crippen LogP contribution in [0.4, 0.5) is 0 Å². The van der Waals surface area contributed by atoms with Crippen molar-refractivity contribution in [3.63, 3.8) is 0 Å². The number of thiophene rings is 1. The number of nitrogens with one attached hydrogen (secondary N) is 1. The highest BCUT2D eigenvalue weighted by Gasteiger charge is 2.16.